The highest BCUT2D eigenvalue weighted by Crippen LogP contribution is 2.33. The molecule has 2 unspecified atom stereocenters. The average Bonchev–Trinajstić information content (AvgIpc) is 2.30. The highest BCUT2D eigenvalue weighted by atomic mass is 14.8. The zero-order valence-corrected chi connectivity index (χ0v) is 10.6. The second kappa shape index (κ2) is 5.47. The first-order valence-electron chi connectivity index (χ1n) is 6.74. The molecule has 0 radical (unpaired) electrons. The van der Waals surface area contributed by atoms with E-state index in [1.54, 1.807) is 0 Å². The van der Waals surface area contributed by atoms with Crippen LogP contribution in [0.15, 0.2) is 28.8 Å². The van der Waals surface area contributed by atoms with Crippen molar-refractivity contribution in [3.8, 4) is 0 Å². The van der Waals surface area contributed by atoms with E-state index in [1.165, 1.54) is 49.8 Å². The van der Waals surface area contributed by atoms with E-state index in [4.69, 9.17) is 4.99 Å². The molecule has 0 bridgehead atoms. The molecular formula is C15H23N. The second-order valence-electron chi connectivity index (χ2n) is 5.09. The molecule has 0 aromatic carbocycles. The summed E-state index contributed by atoms with van der Waals surface area (Å²) in [5.74, 6) is 0.798. The van der Waals surface area contributed by atoms with Gasteiger partial charge >= 0.3 is 0 Å². The number of nitrogens with zero attached hydrogens (tertiary/aromatic N) is 1. The summed E-state index contributed by atoms with van der Waals surface area (Å²) in [5, 5.41) is 0. The number of hydrogen-bond donors (Lipinski definition) is 0. The summed E-state index contributed by atoms with van der Waals surface area (Å²) in [7, 11) is 0. The van der Waals surface area contributed by atoms with Gasteiger partial charge in [0.05, 0.1) is 6.04 Å². The molecule has 0 saturated heterocycles. The summed E-state index contributed by atoms with van der Waals surface area (Å²) in [6.07, 6.45) is 14.8. The maximum absolute atomic E-state index is 4.83. The van der Waals surface area contributed by atoms with Crippen LogP contribution in [0, 0.1) is 5.92 Å². The van der Waals surface area contributed by atoms with Crippen molar-refractivity contribution in [2.45, 2.75) is 58.4 Å². The minimum atomic E-state index is 0.482. The topological polar surface area (TPSA) is 12.4 Å². The monoisotopic (exact) mass is 217 g/mol. The molecule has 1 aliphatic heterocycles. The lowest BCUT2D eigenvalue weighted by molar-refractivity contribution is 0.375. The highest BCUT2D eigenvalue weighted by Gasteiger charge is 2.27. The summed E-state index contributed by atoms with van der Waals surface area (Å²) in [4.78, 5) is 4.83. The normalized spacial score (nSPS) is 28.4. The van der Waals surface area contributed by atoms with Crippen LogP contribution in [0.4, 0.5) is 0 Å². The molecule has 0 aromatic rings. The predicted octanol–water partition coefficient (Wildman–Crippen LogP) is 4.30. The van der Waals surface area contributed by atoms with E-state index in [1.807, 2.05) is 0 Å². The van der Waals surface area contributed by atoms with E-state index >= 15 is 0 Å². The van der Waals surface area contributed by atoms with Crippen LogP contribution in [0.25, 0.3) is 0 Å². The van der Waals surface area contributed by atoms with Gasteiger partial charge in [-0.2, -0.15) is 0 Å². The third kappa shape index (κ3) is 2.63. The van der Waals surface area contributed by atoms with Gasteiger partial charge < -0.3 is 0 Å². The van der Waals surface area contributed by atoms with Crippen LogP contribution in [0.1, 0.15) is 52.4 Å². The van der Waals surface area contributed by atoms with Crippen LogP contribution in [0.3, 0.4) is 0 Å². The molecule has 88 valence electrons. The molecule has 1 aliphatic carbocycles. The van der Waals surface area contributed by atoms with Gasteiger partial charge in [-0.1, -0.05) is 38.3 Å². The molecular weight excluding hydrogens is 194 g/mol. The molecule has 0 N–H and O–H groups in total. The third-order valence-corrected chi connectivity index (χ3v) is 3.74. The van der Waals surface area contributed by atoms with E-state index in [0.29, 0.717) is 6.04 Å². The lowest BCUT2D eigenvalue weighted by Crippen LogP contribution is -2.26. The summed E-state index contributed by atoms with van der Waals surface area (Å²) in [5.41, 5.74) is 2.67. The van der Waals surface area contributed by atoms with Crippen molar-refractivity contribution in [3.63, 3.8) is 0 Å². The van der Waals surface area contributed by atoms with Gasteiger partial charge in [-0.15, -0.1) is 0 Å². The van der Waals surface area contributed by atoms with Crippen LogP contribution in [0.2, 0.25) is 0 Å². The first-order valence-corrected chi connectivity index (χ1v) is 6.74. The van der Waals surface area contributed by atoms with Crippen molar-refractivity contribution in [2.24, 2.45) is 10.9 Å². The Bertz CT molecular complexity index is 322. The molecule has 0 amide bonds. The fourth-order valence-electron chi connectivity index (χ4n) is 2.80. The Balaban J connectivity index is 2.00. The lowest BCUT2D eigenvalue weighted by atomic mass is 9.80. The zero-order valence-electron chi connectivity index (χ0n) is 10.6. The lowest BCUT2D eigenvalue weighted by Gasteiger charge is -2.31. The van der Waals surface area contributed by atoms with Crippen LogP contribution in [-0.4, -0.2) is 11.8 Å². The number of fused-ring (bicyclic) bond motifs is 1. The minimum absolute atomic E-state index is 0.482. The summed E-state index contributed by atoms with van der Waals surface area (Å²) < 4.78 is 0. The Hall–Kier alpha value is -0.850. The molecule has 1 heterocycles. The fraction of sp³-hybridized carbons (Fsp3) is 0.667. The number of aliphatic imine (C=N–C) groups is 1. The molecule has 0 fully saturated rings. The van der Waals surface area contributed by atoms with E-state index in [9.17, 15) is 0 Å². The highest BCUT2D eigenvalue weighted by molar-refractivity contribution is 5.94. The SMILES string of the molecule is CCCCCC1CCC=C2C=CC(C)=NC21. The first kappa shape index (κ1) is 11.6. The Morgan fingerprint density at radius 2 is 2.19 bits per heavy atom. The Labute approximate surface area is 99.4 Å². The van der Waals surface area contributed by atoms with Gasteiger partial charge in [-0.05, 0) is 43.8 Å². The van der Waals surface area contributed by atoms with Crippen molar-refractivity contribution < 1.29 is 0 Å². The Morgan fingerprint density at radius 1 is 1.31 bits per heavy atom. The van der Waals surface area contributed by atoms with Gasteiger partial charge in [0.2, 0.25) is 0 Å². The average molecular weight is 217 g/mol. The standard InChI is InChI=1S/C15H23N/c1-3-4-5-7-13-8-6-9-14-11-10-12(2)16-15(13)14/h9-11,13,15H,3-8H2,1-2H3. The van der Waals surface area contributed by atoms with Crippen molar-refractivity contribution in [1.29, 1.82) is 0 Å². The molecule has 0 spiro atoms. The number of rotatable bonds is 4. The summed E-state index contributed by atoms with van der Waals surface area (Å²) >= 11 is 0. The smallest absolute Gasteiger partial charge is 0.0777 e. The molecule has 2 atom stereocenters. The van der Waals surface area contributed by atoms with Gasteiger partial charge in [0.25, 0.3) is 0 Å². The maximum Gasteiger partial charge on any atom is 0.0777 e. The first-order chi connectivity index (χ1) is 7.81. The largest absolute Gasteiger partial charge is 0.282 e. The summed E-state index contributed by atoms with van der Waals surface area (Å²) in [6, 6.07) is 0.482. The van der Waals surface area contributed by atoms with Crippen LogP contribution < -0.4 is 0 Å². The molecule has 2 rings (SSSR count). The van der Waals surface area contributed by atoms with Gasteiger partial charge in [0, 0.05) is 5.71 Å². The van der Waals surface area contributed by atoms with Crippen molar-refractivity contribution >= 4 is 5.71 Å². The van der Waals surface area contributed by atoms with Gasteiger partial charge in [0.1, 0.15) is 0 Å². The fourth-order valence-corrected chi connectivity index (χ4v) is 2.80. The van der Waals surface area contributed by atoms with Crippen LogP contribution in [-0.2, 0) is 0 Å². The van der Waals surface area contributed by atoms with Crippen LogP contribution in [0.5, 0.6) is 0 Å². The molecule has 0 saturated carbocycles. The summed E-state index contributed by atoms with van der Waals surface area (Å²) in [6.45, 7) is 4.39. The van der Waals surface area contributed by atoms with E-state index < -0.39 is 0 Å². The number of dihydropyridines is 1. The van der Waals surface area contributed by atoms with Crippen LogP contribution >= 0.6 is 0 Å². The van der Waals surface area contributed by atoms with Crippen molar-refractivity contribution in [3.05, 3.63) is 23.8 Å². The Morgan fingerprint density at radius 3 is 3.00 bits per heavy atom. The van der Waals surface area contributed by atoms with Crippen molar-refractivity contribution in [1.82, 2.24) is 0 Å². The molecule has 1 heteroatoms. The number of allylic oxidation sites excluding steroid dienone is 2. The van der Waals surface area contributed by atoms with Gasteiger partial charge in [0.15, 0.2) is 0 Å². The van der Waals surface area contributed by atoms with E-state index in [-0.39, 0.29) is 0 Å². The molecule has 1 nitrogen and oxygen atoms in total. The number of unbranched alkanes of at least 4 members (excludes halogenated alkanes) is 2. The molecule has 16 heavy (non-hydrogen) atoms. The maximum atomic E-state index is 4.83. The predicted molar refractivity (Wildman–Crippen MR) is 71.0 cm³/mol. The Kier molecular flexibility index (Phi) is 3.98. The van der Waals surface area contributed by atoms with Crippen molar-refractivity contribution in [2.75, 3.05) is 0 Å². The quantitative estimate of drug-likeness (QED) is 0.622. The zero-order chi connectivity index (χ0) is 11.4. The van der Waals surface area contributed by atoms with E-state index in [2.05, 4.69) is 32.1 Å². The number of hydrogen-bond acceptors (Lipinski definition) is 1. The van der Waals surface area contributed by atoms with Gasteiger partial charge in [-0.3, -0.25) is 4.99 Å². The van der Waals surface area contributed by atoms with Gasteiger partial charge in [-0.25, -0.2) is 0 Å². The molecule has 0 aromatic heterocycles. The minimum Gasteiger partial charge on any atom is -0.282 e. The second-order valence-corrected chi connectivity index (χ2v) is 5.09. The third-order valence-electron chi connectivity index (χ3n) is 3.74. The molecule has 2 aliphatic rings. The van der Waals surface area contributed by atoms with E-state index in [0.717, 1.165) is 5.92 Å².